The van der Waals surface area contributed by atoms with Crippen molar-refractivity contribution < 1.29 is 18.7 Å². The van der Waals surface area contributed by atoms with Gasteiger partial charge in [0.2, 0.25) is 5.89 Å². The highest BCUT2D eigenvalue weighted by atomic mass is 16.5. The molecule has 0 spiro atoms. The molecular formula is C17H21N3O5. The van der Waals surface area contributed by atoms with Crippen molar-refractivity contribution in [3.63, 3.8) is 0 Å². The SMILES string of the molecule is CCC[C@@H](C)NC(=O)COC(=O)Cn1nc(-c2ccccc2)oc1=O. The molecule has 134 valence electrons. The van der Waals surface area contributed by atoms with Gasteiger partial charge in [0, 0.05) is 11.6 Å². The number of nitrogens with zero attached hydrogens (tertiary/aromatic N) is 2. The third-order valence-electron chi connectivity index (χ3n) is 3.40. The fourth-order valence-electron chi connectivity index (χ4n) is 2.24. The lowest BCUT2D eigenvalue weighted by molar-refractivity contribution is -0.149. The number of hydrogen-bond donors (Lipinski definition) is 1. The maximum Gasteiger partial charge on any atom is 0.437 e. The summed E-state index contributed by atoms with van der Waals surface area (Å²) in [5.74, 6) is -1.78. The molecule has 0 radical (unpaired) electrons. The lowest BCUT2D eigenvalue weighted by Gasteiger charge is -2.12. The molecule has 0 aliphatic rings. The number of ether oxygens (including phenoxy) is 1. The van der Waals surface area contributed by atoms with E-state index in [0.717, 1.165) is 17.5 Å². The fourth-order valence-corrected chi connectivity index (χ4v) is 2.24. The van der Waals surface area contributed by atoms with Crippen LogP contribution in [0.3, 0.4) is 0 Å². The molecule has 2 aromatic rings. The Hall–Kier alpha value is -2.90. The van der Waals surface area contributed by atoms with Gasteiger partial charge in [-0.3, -0.25) is 9.59 Å². The topological polar surface area (TPSA) is 103 Å². The molecule has 0 aliphatic heterocycles. The van der Waals surface area contributed by atoms with Gasteiger partial charge in [0.25, 0.3) is 5.91 Å². The number of carbonyl (C=O) groups is 2. The fraction of sp³-hybridized carbons (Fsp3) is 0.412. The molecule has 0 saturated heterocycles. The van der Waals surface area contributed by atoms with Crippen LogP contribution in [0.5, 0.6) is 0 Å². The maximum absolute atomic E-state index is 11.8. The van der Waals surface area contributed by atoms with Crippen molar-refractivity contribution in [1.82, 2.24) is 15.1 Å². The molecule has 1 N–H and O–H groups in total. The van der Waals surface area contributed by atoms with Crippen LogP contribution in [0.15, 0.2) is 39.5 Å². The average Bonchev–Trinajstić information content (AvgIpc) is 2.95. The Morgan fingerprint density at radius 2 is 2.04 bits per heavy atom. The van der Waals surface area contributed by atoms with Gasteiger partial charge in [-0.1, -0.05) is 31.5 Å². The second-order valence-corrected chi connectivity index (χ2v) is 5.61. The minimum atomic E-state index is -0.767. The quantitative estimate of drug-likeness (QED) is 0.723. The van der Waals surface area contributed by atoms with Gasteiger partial charge in [-0.2, -0.15) is 4.68 Å². The largest absolute Gasteiger partial charge is 0.454 e. The van der Waals surface area contributed by atoms with Crippen LogP contribution in [-0.4, -0.2) is 34.3 Å². The summed E-state index contributed by atoms with van der Waals surface area (Å²) in [5.41, 5.74) is 0.621. The van der Waals surface area contributed by atoms with E-state index in [1.54, 1.807) is 24.3 Å². The number of benzene rings is 1. The number of aromatic nitrogens is 2. The van der Waals surface area contributed by atoms with Gasteiger partial charge in [0.1, 0.15) is 6.54 Å². The summed E-state index contributed by atoms with van der Waals surface area (Å²) in [6.45, 7) is 3.07. The first kappa shape index (κ1) is 18.4. The standard InChI is InChI=1S/C17H21N3O5/c1-3-7-12(2)18-14(21)11-24-15(22)10-20-17(23)25-16(19-20)13-8-5-4-6-9-13/h4-6,8-9,12H,3,7,10-11H2,1-2H3,(H,18,21)/t12-/m1/s1. The van der Waals surface area contributed by atoms with Crippen molar-refractivity contribution >= 4 is 11.9 Å². The van der Waals surface area contributed by atoms with Crippen LogP contribution in [-0.2, 0) is 20.9 Å². The maximum atomic E-state index is 11.8. The molecular weight excluding hydrogens is 326 g/mol. The van der Waals surface area contributed by atoms with E-state index < -0.39 is 24.9 Å². The van der Waals surface area contributed by atoms with Gasteiger partial charge < -0.3 is 14.5 Å². The van der Waals surface area contributed by atoms with Crippen molar-refractivity contribution in [2.75, 3.05) is 6.61 Å². The smallest absolute Gasteiger partial charge is 0.437 e. The molecule has 1 amide bonds. The van der Waals surface area contributed by atoms with E-state index in [1.165, 1.54) is 0 Å². The second kappa shape index (κ2) is 8.81. The monoisotopic (exact) mass is 347 g/mol. The minimum absolute atomic E-state index is 0.0165. The number of esters is 1. The molecule has 25 heavy (non-hydrogen) atoms. The molecule has 0 bridgehead atoms. The molecule has 8 heteroatoms. The summed E-state index contributed by atoms with van der Waals surface area (Å²) < 4.78 is 10.7. The van der Waals surface area contributed by atoms with E-state index in [2.05, 4.69) is 10.4 Å². The Bertz CT molecular complexity index is 766. The van der Waals surface area contributed by atoms with E-state index in [9.17, 15) is 14.4 Å². The predicted octanol–water partition coefficient (Wildman–Crippen LogP) is 1.35. The van der Waals surface area contributed by atoms with Crippen molar-refractivity contribution in [3.05, 3.63) is 40.9 Å². The summed E-state index contributed by atoms with van der Waals surface area (Å²) in [6.07, 6.45) is 1.79. The minimum Gasteiger partial charge on any atom is -0.454 e. The Morgan fingerprint density at radius 3 is 2.72 bits per heavy atom. The number of carbonyl (C=O) groups excluding carboxylic acids is 2. The lowest BCUT2D eigenvalue weighted by Crippen LogP contribution is -2.36. The zero-order valence-corrected chi connectivity index (χ0v) is 14.2. The summed E-state index contributed by atoms with van der Waals surface area (Å²) in [7, 11) is 0. The highest BCUT2D eigenvalue weighted by Gasteiger charge is 2.15. The number of amides is 1. The predicted molar refractivity (Wildman–Crippen MR) is 89.7 cm³/mol. The number of nitrogens with one attached hydrogen (secondary N) is 1. The molecule has 0 saturated carbocycles. The Labute approximate surface area is 144 Å². The highest BCUT2D eigenvalue weighted by Crippen LogP contribution is 2.13. The first-order valence-corrected chi connectivity index (χ1v) is 8.08. The molecule has 1 atom stereocenters. The highest BCUT2D eigenvalue weighted by molar-refractivity contribution is 5.80. The zero-order chi connectivity index (χ0) is 18.2. The first-order valence-electron chi connectivity index (χ1n) is 8.08. The van der Waals surface area contributed by atoms with Crippen LogP contribution < -0.4 is 11.1 Å². The van der Waals surface area contributed by atoms with Crippen LogP contribution in [0.25, 0.3) is 11.5 Å². The van der Waals surface area contributed by atoms with Gasteiger partial charge in [0.05, 0.1) is 0 Å². The molecule has 0 unspecified atom stereocenters. The summed E-state index contributed by atoms with van der Waals surface area (Å²) >= 11 is 0. The van der Waals surface area contributed by atoms with E-state index in [1.807, 2.05) is 19.9 Å². The van der Waals surface area contributed by atoms with Crippen LogP contribution in [0.4, 0.5) is 0 Å². The second-order valence-electron chi connectivity index (χ2n) is 5.61. The molecule has 0 fully saturated rings. The van der Waals surface area contributed by atoms with Crippen molar-refractivity contribution in [2.24, 2.45) is 0 Å². The third kappa shape index (κ3) is 5.59. The zero-order valence-electron chi connectivity index (χ0n) is 14.2. The summed E-state index contributed by atoms with van der Waals surface area (Å²) in [6, 6.07) is 8.86. The molecule has 1 aromatic heterocycles. The van der Waals surface area contributed by atoms with Gasteiger partial charge in [-0.05, 0) is 25.5 Å². The average molecular weight is 347 g/mol. The Kier molecular flexibility index (Phi) is 6.50. The first-order chi connectivity index (χ1) is 12.0. The van der Waals surface area contributed by atoms with E-state index in [-0.39, 0.29) is 17.8 Å². The van der Waals surface area contributed by atoms with Crippen LogP contribution in [0, 0.1) is 0 Å². The van der Waals surface area contributed by atoms with E-state index in [4.69, 9.17) is 9.15 Å². The number of rotatable bonds is 8. The van der Waals surface area contributed by atoms with Gasteiger partial charge in [-0.15, -0.1) is 5.10 Å². The van der Waals surface area contributed by atoms with Gasteiger partial charge in [0.15, 0.2) is 6.61 Å². The van der Waals surface area contributed by atoms with Gasteiger partial charge in [-0.25, -0.2) is 4.79 Å². The van der Waals surface area contributed by atoms with Crippen LogP contribution in [0.1, 0.15) is 26.7 Å². The number of hydrogen-bond acceptors (Lipinski definition) is 6. The van der Waals surface area contributed by atoms with Gasteiger partial charge >= 0.3 is 11.7 Å². The van der Waals surface area contributed by atoms with Crippen molar-refractivity contribution in [1.29, 1.82) is 0 Å². The Morgan fingerprint density at radius 1 is 1.32 bits per heavy atom. The molecule has 1 aromatic carbocycles. The van der Waals surface area contributed by atoms with E-state index in [0.29, 0.717) is 5.56 Å². The molecule has 1 heterocycles. The van der Waals surface area contributed by atoms with Crippen LogP contribution >= 0.6 is 0 Å². The summed E-state index contributed by atoms with van der Waals surface area (Å²) in [4.78, 5) is 35.2. The summed E-state index contributed by atoms with van der Waals surface area (Å²) in [5, 5.41) is 6.67. The molecule has 0 aliphatic carbocycles. The molecule has 8 nitrogen and oxygen atoms in total. The third-order valence-corrected chi connectivity index (χ3v) is 3.40. The normalized spacial score (nSPS) is 11.8. The molecule has 2 rings (SSSR count). The van der Waals surface area contributed by atoms with E-state index >= 15 is 0 Å². The van der Waals surface area contributed by atoms with Crippen LogP contribution in [0.2, 0.25) is 0 Å². The lowest BCUT2D eigenvalue weighted by atomic mass is 10.2. The van der Waals surface area contributed by atoms with Crippen molar-refractivity contribution in [2.45, 2.75) is 39.3 Å². The van der Waals surface area contributed by atoms with Crippen molar-refractivity contribution in [3.8, 4) is 11.5 Å². The Balaban J connectivity index is 1.88.